The van der Waals surface area contributed by atoms with Crippen molar-refractivity contribution in [3.8, 4) is 0 Å². The highest BCUT2D eigenvalue weighted by Crippen LogP contribution is 2.29. The van der Waals surface area contributed by atoms with Crippen molar-refractivity contribution >= 4 is 17.6 Å². The molecule has 0 atom stereocenters. The maximum absolute atomic E-state index is 13.6. The molecular formula is C10H10FN5S. The van der Waals surface area contributed by atoms with E-state index in [4.69, 9.17) is 11.1 Å². The maximum atomic E-state index is 13.6. The van der Waals surface area contributed by atoms with Gasteiger partial charge in [0.2, 0.25) is 0 Å². The quantitative estimate of drug-likeness (QED) is 0.638. The Morgan fingerprint density at radius 1 is 1.53 bits per heavy atom. The predicted octanol–water partition coefficient (Wildman–Crippen LogP) is 1.39. The van der Waals surface area contributed by atoms with E-state index in [9.17, 15) is 4.39 Å². The van der Waals surface area contributed by atoms with Gasteiger partial charge in [-0.15, -0.1) is 10.2 Å². The molecule has 7 heteroatoms. The Kier molecular flexibility index (Phi) is 3.10. The van der Waals surface area contributed by atoms with Crippen molar-refractivity contribution in [1.82, 2.24) is 14.8 Å². The minimum atomic E-state index is -0.510. The predicted molar refractivity (Wildman–Crippen MR) is 62.5 cm³/mol. The van der Waals surface area contributed by atoms with Gasteiger partial charge in [-0.05, 0) is 23.9 Å². The van der Waals surface area contributed by atoms with Crippen molar-refractivity contribution in [2.75, 3.05) is 0 Å². The van der Waals surface area contributed by atoms with Gasteiger partial charge in [-0.2, -0.15) is 0 Å². The van der Waals surface area contributed by atoms with Crippen LogP contribution in [0.25, 0.3) is 0 Å². The van der Waals surface area contributed by atoms with E-state index < -0.39 is 5.82 Å². The van der Waals surface area contributed by atoms with Gasteiger partial charge in [0, 0.05) is 11.9 Å². The third-order valence-corrected chi connectivity index (χ3v) is 3.23. The fraction of sp³-hybridized carbons (Fsp3) is 0.100. The lowest BCUT2D eigenvalue weighted by atomic mass is 10.2. The first-order valence-electron chi connectivity index (χ1n) is 4.74. The largest absolute Gasteiger partial charge is 0.384 e. The van der Waals surface area contributed by atoms with E-state index in [1.165, 1.54) is 17.8 Å². The summed E-state index contributed by atoms with van der Waals surface area (Å²) in [5.41, 5.74) is 5.47. The first kappa shape index (κ1) is 11.6. The third-order valence-electron chi connectivity index (χ3n) is 2.12. The summed E-state index contributed by atoms with van der Waals surface area (Å²) in [7, 11) is 1.79. The smallest absolute Gasteiger partial charge is 0.195 e. The zero-order chi connectivity index (χ0) is 12.4. The first-order chi connectivity index (χ1) is 8.09. The van der Waals surface area contributed by atoms with Gasteiger partial charge in [0.15, 0.2) is 5.16 Å². The second-order valence-electron chi connectivity index (χ2n) is 3.35. The van der Waals surface area contributed by atoms with E-state index >= 15 is 0 Å². The van der Waals surface area contributed by atoms with Crippen LogP contribution in [0.5, 0.6) is 0 Å². The fourth-order valence-electron chi connectivity index (χ4n) is 1.31. The molecule has 1 aromatic heterocycles. The van der Waals surface area contributed by atoms with Gasteiger partial charge in [0.25, 0.3) is 0 Å². The molecule has 0 saturated heterocycles. The number of aromatic nitrogens is 3. The molecule has 0 aliphatic rings. The van der Waals surface area contributed by atoms with Gasteiger partial charge in [-0.3, -0.25) is 5.41 Å². The number of halogens is 1. The Hall–Kier alpha value is -1.89. The van der Waals surface area contributed by atoms with Gasteiger partial charge < -0.3 is 10.3 Å². The van der Waals surface area contributed by atoms with Crippen LogP contribution < -0.4 is 5.73 Å². The molecular weight excluding hydrogens is 241 g/mol. The van der Waals surface area contributed by atoms with Crippen LogP contribution in [-0.4, -0.2) is 20.6 Å². The number of rotatable bonds is 3. The molecule has 17 heavy (non-hydrogen) atoms. The minimum Gasteiger partial charge on any atom is -0.384 e. The van der Waals surface area contributed by atoms with E-state index in [1.54, 1.807) is 30.1 Å². The number of hydrogen-bond acceptors (Lipinski definition) is 4. The molecule has 0 radical (unpaired) electrons. The highest BCUT2D eigenvalue weighted by atomic mass is 32.2. The lowest BCUT2D eigenvalue weighted by molar-refractivity contribution is 0.620. The Morgan fingerprint density at radius 3 is 2.88 bits per heavy atom. The van der Waals surface area contributed by atoms with Crippen LogP contribution in [0.15, 0.2) is 34.6 Å². The average molecular weight is 251 g/mol. The number of nitrogens with zero attached hydrogens (tertiary/aromatic N) is 3. The minimum absolute atomic E-state index is 0.0977. The maximum Gasteiger partial charge on any atom is 0.195 e. The van der Waals surface area contributed by atoms with Crippen LogP contribution in [0.4, 0.5) is 4.39 Å². The molecule has 0 saturated carbocycles. The van der Waals surface area contributed by atoms with Crippen LogP contribution in [0, 0.1) is 11.2 Å². The average Bonchev–Trinajstić information content (AvgIpc) is 2.64. The standard InChI is InChI=1S/C10H10FN5S/c1-16-5-14-15-10(16)17-7-4-2-3-6(11)8(7)9(12)13/h2-5H,1H3,(H3,12,13). The zero-order valence-corrected chi connectivity index (χ0v) is 9.83. The number of nitrogen functional groups attached to an aromatic ring is 1. The molecule has 0 bridgehead atoms. The topological polar surface area (TPSA) is 80.6 Å². The van der Waals surface area contributed by atoms with Gasteiger partial charge in [-0.1, -0.05) is 6.07 Å². The molecule has 2 rings (SSSR count). The molecule has 0 aliphatic heterocycles. The Labute approximate surface area is 101 Å². The molecule has 1 heterocycles. The van der Waals surface area contributed by atoms with Crippen molar-refractivity contribution in [1.29, 1.82) is 5.41 Å². The van der Waals surface area contributed by atoms with Crippen molar-refractivity contribution in [2.45, 2.75) is 10.1 Å². The normalized spacial score (nSPS) is 10.5. The van der Waals surface area contributed by atoms with E-state index in [-0.39, 0.29) is 11.4 Å². The lowest BCUT2D eigenvalue weighted by Gasteiger charge is -2.07. The zero-order valence-electron chi connectivity index (χ0n) is 9.01. The number of aryl methyl sites for hydroxylation is 1. The molecule has 0 aliphatic carbocycles. The molecule has 0 spiro atoms. The lowest BCUT2D eigenvalue weighted by Crippen LogP contribution is -2.14. The van der Waals surface area contributed by atoms with Gasteiger partial charge >= 0.3 is 0 Å². The van der Waals surface area contributed by atoms with E-state index in [1.807, 2.05) is 0 Å². The fourth-order valence-corrected chi connectivity index (χ4v) is 2.25. The summed E-state index contributed by atoms with van der Waals surface area (Å²) in [5.74, 6) is -0.808. The first-order valence-corrected chi connectivity index (χ1v) is 5.56. The van der Waals surface area contributed by atoms with Gasteiger partial charge in [0.05, 0.1) is 5.56 Å². The highest BCUT2D eigenvalue weighted by molar-refractivity contribution is 7.99. The molecule has 3 N–H and O–H groups in total. The summed E-state index contributed by atoms with van der Waals surface area (Å²) in [5, 5.41) is 15.6. The van der Waals surface area contributed by atoms with Crippen molar-refractivity contribution in [3.05, 3.63) is 35.9 Å². The van der Waals surface area contributed by atoms with Crippen molar-refractivity contribution < 1.29 is 4.39 Å². The Bertz CT molecular complexity index is 566. The Balaban J connectivity index is 2.43. The van der Waals surface area contributed by atoms with Gasteiger partial charge in [-0.25, -0.2) is 4.39 Å². The summed E-state index contributed by atoms with van der Waals surface area (Å²) < 4.78 is 15.3. The molecule has 0 amide bonds. The second-order valence-corrected chi connectivity index (χ2v) is 4.36. The number of nitrogens with one attached hydrogen (secondary N) is 1. The van der Waals surface area contributed by atoms with Crippen molar-refractivity contribution in [3.63, 3.8) is 0 Å². The number of nitrogens with two attached hydrogens (primary N) is 1. The molecule has 0 unspecified atom stereocenters. The highest BCUT2D eigenvalue weighted by Gasteiger charge is 2.14. The molecule has 5 nitrogen and oxygen atoms in total. The second kappa shape index (κ2) is 4.54. The summed E-state index contributed by atoms with van der Waals surface area (Å²) in [6.07, 6.45) is 1.55. The summed E-state index contributed by atoms with van der Waals surface area (Å²) in [4.78, 5) is 0.550. The SMILES string of the molecule is Cn1cnnc1Sc1cccc(F)c1C(=N)N. The van der Waals surface area contributed by atoms with Crippen LogP contribution in [0.1, 0.15) is 5.56 Å². The van der Waals surface area contributed by atoms with Crippen LogP contribution >= 0.6 is 11.8 Å². The summed E-state index contributed by atoms with van der Waals surface area (Å²) in [6.45, 7) is 0. The van der Waals surface area contributed by atoms with Crippen LogP contribution in [0.3, 0.4) is 0 Å². The number of hydrogen-bond donors (Lipinski definition) is 2. The number of amidine groups is 1. The van der Waals surface area contributed by atoms with E-state index in [0.29, 0.717) is 10.1 Å². The molecule has 1 aromatic carbocycles. The molecule has 2 aromatic rings. The molecule has 0 fully saturated rings. The monoisotopic (exact) mass is 251 g/mol. The van der Waals surface area contributed by atoms with Crippen LogP contribution in [0.2, 0.25) is 0 Å². The number of benzene rings is 1. The van der Waals surface area contributed by atoms with Gasteiger partial charge in [0.1, 0.15) is 18.0 Å². The van der Waals surface area contributed by atoms with Crippen molar-refractivity contribution in [2.24, 2.45) is 12.8 Å². The van der Waals surface area contributed by atoms with E-state index in [2.05, 4.69) is 10.2 Å². The molecule has 88 valence electrons. The Morgan fingerprint density at radius 2 is 2.29 bits per heavy atom. The van der Waals surface area contributed by atoms with Crippen LogP contribution in [-0.2, 0) is 7.05 Å². The summed E-state index contributed by atoms with van der Waals surface area (Å²) >= 11 is 1.22. The van der Waals surface area contributed by atoms with E-state index in [0.717, 1.165) is 0 Å². The summed E-state index contributed by atoms with van der Waals surface area (Å²) in [6, 6.07) is 4.54. The third kappa shape index (κ3) is 2.28.